The molecule has 1 aromatic rings. The Morgan fingerprint density at radius 2 is 1.96 bits per heavy atom. The van der Waals surface area contributed by atoms with E-state index in [2.05, 4.69) is 12.2 Å². The number of hydrogen-bond donors (Lipinski definition) is 1. The Balaban J connectivity index is 2.23. The molecule has 24 heavy (non-hydrogen) atoms. The fourth-order valence-corrected chi connectivity index (χ4v) is 4.54. The molecule has 0 spiro atoms. The summed E-state index contributed by atoms with van der Waals surface area (Å²) >= 11 is 1.56. The first-order valence-electron chi connectivity index (χ1n) is 9.24. The molecule has 1 aliphatic rings. The summed E-state index contributed by atoms with van der Waals surface area (Å²) in [5, 5.41) is 3.74. The molecule has 0 radical (unpaired) electrons. The molecule has 1 heterocycles. The summed E-state index contributed by atoms with van der Waals surface area (Å²) in [4.78, 5) is 26.3. The van der Waals surface area contributed by atoms with Crippen molar-refractivity contribution in [3.05, 3.63) is 16.0 Å². The van der Waals surface area contributed by atoms with Gasteiger partial charge < -0.3 is 10.1 Å². The van der Waals surface area contributed by atoms with Gasteiger partial charge in [0, 0.05) is 10.8 Å². The van der Waals surface area contributed by atoms with Crippen molar-refractivity contribution in [1.29, 1.82) is 0 Å². The second-order valence-corrected chi connectivity index (χ2v) is 7.48. The molecule has 0 aliphatic heterocycles. The van der Waals surface area contributed by atoms with Crippen LogP contribution in [0.2, 0.25) is 0 Å². The largest absolute Gasteiger partial charge is 0.462 e. The number of unbranched alkanes of at least 4 members (excludes halogenated alkanes) is 1. The summed E-state index contributed by atoms with van der Waals surface area (Å²) in [6, 6.07) is 0. The second kappa shape index (κ2) is 9.21. The van der Waals surface area contributed by atoms with Crippen LogP contribution in [0.4, 0.5) is 5.00 Å². The van der Waals surface area contributed by atoms with Gasteiger partial charge in [-0.25, -0.2) is 4.79 Å². The van der Waals surface area contributed by atoms with E-state index in [1.54, 1.807) is 11.3 Å². The Bertz CT molecular complexity index is 579. The lowest BCUT2D eigenvalue weighted by atomic mass is 9.95. The minimum absolute atomic E-state index is 0.0131. The van der Waals surface area contributed by atoms with E-state index in [1.165, 1.54) is 4.88 Å². The molecule has 0 aromatic carbocycles. The molecule has 1 amide bonds. The zero-order valence-corrected chi connectivity index (χ0v) is 15.9. The molecule has 0 bridgehead atoms. The molecule has 0 unspecified atom stereocenters. The quantitative estimate of drug-likeness (QED) is 0.674. The maximum atomic E-state index is 12.6. The standard InChI is InChI=1S/C19H29NO3S/c1-4-7-10-13(5-2)17(21)20-18-16(19(22)23-6-3)14-11-8-9-12-15(14)24-18/h13H,4-12H2,1-3H3,(H,20,21)/t13-/m1/s1. The highest BCUT2D eigenvalue weighted by Gasteiger charge is 2.28. The van der Waals surface area contributed by atoms with E-state index in [1.807, 2.05) is 13.8 Å². The lowest BCUT2D eigenvalue weighted by Gasteiger charge is -2.15. The zero-order chi connectivity index (χ0) is 17.5. The third-order valence-corrected chi connectivity index (χ3v) is 5.86. The zero-order valence-electron chi connectivity index (χ0n) is 15.1. The second-order valence-electron chi connectivity index (χ2n) is 6.37. The van der Waals surface area contributed by atoms with Crippen LogP contribution < -0.4 is 5.32 Å². The molecule has 134 valence electrons. The SMILES string of the molecule is CCCC[C@@H](CC)C(=O)Nc1sc2c(c1C(=O)OCC)CCCC2. The minimum atomic E-state index is -0.297. The number of aryl methyl sites for hydroxylation is 1. The normalized spacial score (nSPS) is 14.8. The van der Waals surface area contributed by atoms with E-state index in [0.717, 1.165) is 56.9 Å². The number of carbonyl (C=O) groups excluding carboxylic acids is 2. The molecule has 1 aliphatic carbocycles. The molecule has 1 aromatic heterocycles. The average Bonchev–Trinajstić information content (AvgIpc) is 2.93. The average molecular weight is 352 g/mol. The van der Waals surface area contributed by atoms with Crippen LogP contribution in [0, 0.1) is 5.92 Å². The molecule has 1 N–H and O–H groups in total. The number of anilines is 1. The smallest absolute Gasteiger partial charge is 0.341 e. The van der Waals surface area contributed by atoms with Crippen molar-refractivity contribution in [2.45, 2.75) is 72.1 Å². The summed E-state index contributed by atoms with van der Waals surface area (Å²) in [5.41, 5.74) is 1.71. The number of ether oxygens (including phenoxy) is 1. The van der Waals surface area contributed by atoms with Gasteiger partial charge in [-0.1, -0.05) is 26.7 Å². The number of thiophene rings is 1. The van der Waals surface area contributed by atoms with Crippen molar-refractivity contribution in [3.63, 3.8) is 0 Å². The number of hydrogen-bond acceptors (Lipinski definition) is 4. The van der Waals surface area contributed by atoms with Gasteiger partial charge >= 0.3 is 5.97 Å². The predicted octanol–water partition coefficient (Wildman–Crippen LogP) is 4.96. The van der Waals surface area contributed by atoms with Crippen LogP contribution in [0.1, 0.15) is 80.1 Å². The van der Waals surface area contributed by atoms with Crippen molar-refractivity contribution >= 4 is 28.2 Å². The van der Waals surface area contributed by atoms with Crippen LogP contribution in [-0.4, -0.2) is 18.5 Å². The van der Waals surface area contributed by atoms with Gasteiger partial charge in [0.15, 0.2) is 0 Å². The maximum Gasteiger partial charge on any atom is 0.341 e. The third kappa shape index (κ3) is 4.38. The van der Waals surface area contributed by atoms with E-state index in [0.29, 0.717) is 17.2 Å². The Hall–Kier alpha value is -1.36. The summed E-state index contributed by atoms with van der Waals surface area (Å²) in [6.07, 6.45) is 8.01. The first-order valence-corrected chi connectivity index (χ1v) is 10.1. The van der Waals surface area contributed by atoms with Crippen LogP contribution in [0.15, 0.2) is 0 Å². The number of carbonyl (C=O) groups is 2. The highest BCUT2D eigenvalue weighted by molar-refractivity contribution is 7.17. The number of fused-ring (bicyclic) bond motifs is 1. The molecular formula is C19H29NO3S. The maximum absolute atomic E-state index is 12.6. The topological polar surface area (TPSA) is 55.4 Å². The van der Waals surface area contributed by atoms with Crippen molar-refractivity contribution < 1.29 is 14.3 Å². The summed E-state index contributed by atoms with van der Waals surface area (Å²) < 4.78 is 5.24. The minimum Gasteiger partial charge on any atom is -0.462 e. The Morgan fingerprint density at radius 1 is 1.21 bits per heavy atom. The molecule has 1 atom stereocenters. The van der Waals surface area contributed by atoms with E-state index < -0.39 is 0 Å². The van der Waals surface area contributed by atoms with Gasteiger partial charge in [-0.2, -0.15) is 0 Å². The molecule has 0 saturated carbocycles. The molecule has 4 nitrogen and oxygen atoms in total. The number of amides is 1. The Labute approximate surface area is 149 Å². The van der Waals surface area contributed by atoms with Crippen LogP contribution >= 0.6 is 11.3 Å². The highest BCUT2D eigenvalue weighted by Crippen LogP contribution is 2.39. The lowest BCUT2D eigenvalue weighted by molar-refractivity contribution is -0.120. The van der Waals surface area contributed by atoms with Crippen molar-refractivity contribution in [1.82, 2.24) is 0 Å². The van der Waals surface area contributed by atoms with Gasteiger partial charge in [0.05, 0.1) is 12.2 Å². The predicted molar refractivity (Wildman–Crippen MR) is 98.9 cm³/mol. The van der Waals surface area contributed by atoms with Gasteiger partial charge in [-0.15, -0.1) is 11.3 Å². The van der Waals surface area contributed by atoms with E-state index in [9.17, 15) is 9.59 Å². The molecule has 2 rings (SSSR count). The first-order chi connectivity index (χ1) is 11.6. The molecular weight excluding hydrogens is 322 g/mol. The third-order valence-electron chi connectivity index (χ3n) is 4.66. The van der Waals surface area contributed by atoms with E-state index in [4.69, 9.17) is 4.74 Å². The molecule has 0 saturated heterocycles. The number of nitrogens with one attached hydrogen (secondary N) is 1. The fraction of sp³-hybridized carbons (Fsp3) is 0.684. The van der Waals surface area contributed by atoms with Crippen molar-refractivity contribution in [2.24, 2.45) is 5.92 Å². The van der Waals surface area contributed by atoms with Crippen LogP contribution in [-0.2, 0) is 22.4 Å². The van der Waals surface area contributed by atoms with Crippen LogP contribution in [0.25, 0.3) is 0 Å². The van der Waals surface area contributed by atoms with Gasteiger partial charge in [0.25, 0.3) is 0 Å². The van der Waals surface area contributed by atoms with Gasteiger partial charge in [-0.05, 0) is 51.0 Å². The van der Waals surface area contributed by atoms with Gasteiger partial charge in [0.1, 0.15) is 5.00 Å². The van der Waals surface area contributed by atoms with Crippen LogP contribution in [0.3, 0.4) is 0 Å². The molecule has 0 fully saturated rings. The monoisotopic (exact) mass is 351 g/mol. The first kappa shape index (κ1) is 19.0. The Morgan fingerprint density at radius 3 is 2.62 bits per heavy atom. The highest BCUT2D eigenvalue weighted by atomic mass is 32.1. The summed E-state index contributed by atoms with van der Waals surface area (Å²) in [7, 11) is 0. The van der Waals surface area contributed by atoms with E-state index >= 15 is 0 Å². The fourth-order valence-electron chi connectivity index (χ4n) is 3.26. The van der Waals surface area contributed by atoms with Gasteiger partial charge in [-0.3, -0.25) is 4.79 Å². The van der Waals surface area contributed by atoms with Crippen LogP contribution in [0.5, 0.6) is 0 Å². The van der Waals surface area contributed by atoms with Gasteiger partial charge in [0.2, 0.25) is 5.91 Å². The summed E-state index contributed by atoms with van der Waals surface area (Å²) in [6.45, 7) is 6.35. The number of esters is 1. The van der Waals surface area contributed by atoms with Crippen molar-refractivity contribution in [2.75, 3.05) is 11.9 Å². The van der Waals surface area contributed by atoms with E-state index in [-0.39, 0.29) is 17.8 Å². The Kier molecular flexibility index (Phi) is 7.28. The lowest BCUT2D eigenvalue weighted by Crippen LogP contribution is -2.23. The van der Waals surface area contributed by atoms with Crippen molar-refractivity contribution in [3.8, 4) is 0 Å². The summed E-state index contributed by atoms with van der Waals surface area (Å²) in [5.74, 6) is -0.247. The molecule has 5 heteroatoms. The number of rotatable bonds is 8.